The van der Waals surface area contributed by atoms with Gasteiger partial charge in [0.2, 0.25) is 5.91 Å². The number of carbonyl (C=O) groups excluding carboxylic acids is 2. The number of anilines is 3. The molecule has 3 amide bonds. The van der Waals surface area contributed by atoms with E-state index < -0.39 is 42.3 Å². The first-order valence-electron chi connectivity index (χ1n) is 13.3. The fourth-order valence-corrected chi connectivity index (χ4v) is 5.09. The van der Waals surface area contributed by atoms with Gasteiger partial charge in [0.05, 0.1) is 28.4 Å². The molecule has 246 valence electrons. The predicted molar refractivity (Wildman–Crippen MR) is 160 cm³/mol. The van der Waals surface area contributed by atoms with E-state index in [9.17, 15) is 35.9 Å². The Hall–Kier alpha value is -5.13. The van der Waals surface area contributed by atoms with Crippen LogP contribution in [-0.2, 0) is 11.0 Å². The van der Waals surface area contributed by atoms with E-state index in [-0.39, 0.29) is 39.6 Å². The van der Waals surface area contributed by atoms with Gasteiger partial charge < -0.3 is 15.0 Å². The molecule has 0 spiro atoms. The van der Waals surface area contributed by atoms with Crippen LogP contribution in [0, 0.1) is 5.82 Å². The molecule has 1 aromatic heterocycles. The molecule has 18 heteroatoms. The highest BCUT2D eigenvalue weighted by Crippen LogP contribution is 2.38. The number of ether oxygens (including phenoxy) is 1. The molecule has 3 aromatic carbocycles. The Morgan fingerprint density at radius 1 is 1.04 bits per heavy atom. The second-order valence-corrected chi connectivity index (χ2v) is 11.0. The summed E-state index contributed by atoms with van der Waals surface area (Å²) in [7, 11) is 3.36. The molecule has 0 saturated carbocycles. The number of amidine groups is 1. The maximum Gasteiger partial charge on any atom is 0.422 e. The second-order valence-electron chi connectivity index (χ2n) is 10.0. The third kappa shape index (κ3) is 7.82. The number of hydrogen-bond acceptors (Lipinski definition) is 7. The highest BCUT2D eigenvalue weighted by atomic mass is 32.2. The monoisotopic (exact) mass is 681 g/mol. The van der Waals surface area contributed by atoms with Crippen LogP contribution in [0.25, 0.3) is 17.1 Å². The van der Waals surface area contributed by atoms with Crippen molar-refractivity contribution in [3.05, 3.63) is 78.4 Å². The molecule has 0 unspecified atom stereocenters. The number of alkyl halides is 6. The largest absolute Gasteiger partial charge is 0.482 e. The highest BCUT2D eigenvalue weighted by Gasteiger charge is 2.35. The van der Waals surface area contributed by atoms with E-state index in [4.69, 9.17) is 4.74 Å². The van der Waals surface area contributed by atoms with Crippen LogP contribution in [0.5, 0.6) is 5.75 Å². The van der Waals surface area contributed by atoms with E-state index in [1.54, 1.807) is 19.0 Å². The molecule has 1 saturated heterocycles. The van der Waals surface area contributed by atoms with Crippen molar-refractivity contribution in [2.24, 2.45) is 4.99 Å². The van der Waals surface area contributed by atoms with Crippen molar-refractivity contribution in [2.45, 2.75) is 12.4 Å². The van der Waals surface area contributed by atoms with E-state index >= 15 is 4.39 Å². The van der Waals surface area contributed by atoms with Crippen LogP contribution < -0.4 is 19.9 Å². The summed E-state index contributed by atoms with van der Waals surface area (Å²) in [4.78, 5) is 36.2. The molecule has 47 heavy (non-hydrogen) atoms. The molecule has 1 fully saturated rings. The van der Waals surface area contributed by atoms with Gasteiger partial charge in [-0.1, -0.05) is 23.9 Å². The molecule has 0 atom stereocenters. The van der Waals surface area contributed by atoms with Gasteiger partial charge in [-0.2, -0.15) is 31.3 Å². The zero-order valence-electron chi connectivity index (χ0n) is 24.2. The van der Waals surface area contributed by atoms with Crippen LogP contribution in [0.2, 0.25) is 0 Å². The van der Waals surface area contributed by atoms with Crippen molar-refractivity contribution < 1.29 is 45.1 Å². The number of halogens is 7. The Labute approximate surface area is 265 Å². The van der Waals surface area contributed by atoms with Crippen molar-refractivity contribution in [2.75, 3.05) is 41.6 Å². The third-order valence-electron chi connectivity index (χ3n) is 6.47. The van der Waals surface area contributed by atoms with E-state index in [1.807, 2.05) is 0 Å². The molecule has 10 nitrogen and oxygen atoms in total. The predicted octanol–water partition coefficient (Wildman–Crippen LogP) is 6.77. The van der Waals surface area contributed by atoms with Crippen molar-refractivity contribution in [3.63, 3.8) is 0 Å². The smallest absolute Gasteiger partial charge is 0.422 e. The minimum absolute atomic E-state index is 0.0685. The van der Waals surface area contributed by atoms with E-state index in [0.29, 0.717) is 11.3 Å². The Kier molecular flexibility index (Phi) is 9.15. The summed E-state index contributed by atoms with van der Waals surface area (Å²) in [6.45, 7) is -1.62. The normalized spacial score (nSPS) is 14.5. The van der Waals surface area contributed by atoms with Gasteiger partial charge in [0.1, 0.15) is 17.9 Å². The number of nitrogens with zero attached hydrogens (tertiary/aromatic N) is 6. The van der Waals surface area contributed by atoms with Crippen molar-refractivity contribution >= 4 is 45.9 Å². The molecule has 5 rings (SSSR count). The number of aromatic nitrogens is 3. The van der Waals surface area contributed by atoms with Crippen molar-refractivity contribution in [1.82, 2.24) is 14.8 Å². The number of carbonyl (C=O) groups is 2. The summed E-state index contributed by atoms with van der Waals surface area (Å²) in [5, 5.41) is 6.26. The summed E-state index contributed by atoms with van der Waals surface area (Å²) >= 11 is 0.851. The maximum absolute atomic E-state index is 15.0. The molecule has 4 aromatic rings. The van der Waals surface area contributed by atoms with Gasteiger partial charge >= 0.3 is 18.4 Å². The Bertz CT molecular complexity index is 1840. The van der Waals surface area contributed by atoms with Gasteiger partial charge in [0, 0.05) is 31.4 Å². The van der Waals surface area contributed by atoms with Gasteiger partial charge in [-0.15, -0.1) is 5.10 Å². The Morgan fingerprint density at radius 3 is 2.40 bits per heavy atom. The fourth-order valence-electron chi connectivity index (χ4n) is 4.23. The van der Waals surface area contributed by atoms with Gasteiger partial charge in [-0.3, -0.25) is 9.69 Å². The van der Waals surface area contributed by atoms with E-state index in [0.717, 1.165) is 34.9 Å². The molecule has 0 bridgehead atoms. The lowest BCUT2D eigenvalue weighted by atomic mass is 10.1. The standard InChI is InChI=1S/C29H22F7N7O3S/c1-41(2)18-8-10-23(46-14-28(31,32)33)22(12-18)43-24(44)13-47-27(43)39-26(45)38-21-9-7-19(11-20(21)30)42-15-37-25(40-42)16-3-5-17(6-4-16)29(34,35)36/h3-12,15H,13-14H2,1-2H3,(H,38,45)/b39-27-. The first-order chi connectivity index (χ1) is 22.1. The number of aliphatic imine (C=N–C) groups is 1. The summed E-state index contributed by atoms with van der Waals surface area (Å²) in [6, 6.07) is 10.9. The summed E-state index contributed by atoms with van der Waals surface area (Å²) in [5.74, 6) is -1.84. The fraction of sp³-hybridized carbons (Fsp3) is 0.207. The van der Waals surface area contributed by atoms with Crippen molar-refractivity contribution in [1.29, 1.82) is 0 Å². The SMILES string of the molecule is CN(C)c1ccc(OCC(F)(F)F)c(N2C(=O)CS/C2=N\C(=O)Nc2ccc(-n3cnc(-c4ccc(C(F)(F)F)cc4)n3)cc2F)c1. The first-order valence-corrected chi connectivity index (χ1v) is 14.3. The number of amides is 3. The minimum Gasteiger partial charge on any atom is -0.482 e. The van der Waals surface area contributed by atoms with Gasteiger partial charge in [0.25, 0.3) is 0 Å². The number of urea groups is 1. The van der Waals surface area contributed by atoms with Crippen LogP contribution in [-0.4, -0.2) is 64.5 Å². The molecule has 1 aliphatic heterocycles. The van der Waals surface area contributed by atoms with Crippen LogP contribution in [0.4, 0.5) is 52.6 Å². The van der Waals surface area contributed by atoms with E-state index in [1.165, 1.54) is 53.5 Å². The zero-order chi connectivity index (χ0) is 34.1. The highest BCUT2D eigenvalue weighted by molar-refractivity contribution is 8.15. The summed E-state index contributed by atoms with van der Waals surface area (Å²) in [5.41, 5.74) is -0.210. The lowest BCUT2D eigenvalue weighted by molar-refractivity contribution is -0.153. The maximum atomic E-state index is 15.0. The topological polar surface area (TPSA) is 105 Å². The van der Waals surface area contributed by atoms with E-state index in [2.05, 4.69) is 20.4 Å². The Morgan fingerprint density at radius 2 is 1.77 bits per heavy atom. The van der Waals surface area contributed by atoms with Crippen LogP contribution in [0.3, 0.4) is 0 Å². The number of hydrogen-bond donors (Lipinski definition) is 1. The summed E-state index contributed by atoms with van der Waals surface area (Å²) in [6.07, 6.45) is -7.93. The molecular formula is C29H22F7N7O3S. The number of rotatable bonds is 7. The molecule has 1 aliphatic rings. The van der Waals surface area contributed by atoms with Gasteiger partial charge in [-0.05, 0) is 42.5 Å². The molecule has 0 radical (unpaired) electrons. The number of thioether (sulfide) groups is 1. The van der Waals surface area contributed by atoms with Crippen LogP contribution in [0.15, 0.2) is 72.0 Å². The molecule has 1 N–H and O–H groups in total. The molecular weight excluding hydrogens is 659 g/mol. The minimum atomic E-state index is -4.65. The first kappa shape index (κ1) is 33.2. The average Bonchev–Trinajstić information content (AvgIpc) is 3.63. The third-order valence-corrected chi connectivity index (χ3v) is 7.40. The number of benzene rings is 3. The molecule has 2 heterocycles. The Balaban J connectivity index is 1.34. The van der Waals surface area contributed by atoms with Crippen molar-refractivity contribution in [3.8, 4) is 22.8 Å². The second kappa shape index (κ2) is 12.9. The number of nitrogens with one attached hydrogen (secondary N) is 1. The van der Waals surface area contributed by atoms with Crippen LogP contribution >= 0.6 is 11.8 Å². The van der Waals surface area contributed by atoms with Gasteiger partial charge in [-0.25, -0.2) is 18.9 Å². The molecule has 0 aliphatic carbocycles. The quantitative estimate of drug-likeness (QED) is 0.215. The zero-order valence-corrected chi connectivity index (χ0v) is 25.0. The average molecular weight is 682 g/mol. The lowest BCUT2D eigenvalue weighted by Gasteiger charge is -2.23. The lowest BCUT2D eigenvalue weighted by Crippen LogP contribution is -2.31. The summed E-state index contributed by atoms with van der Waals surface area (Å²) < 4.78 is 98.4. The van der Waals surface area contributed by atoms with Crippen LogP contribution in [0.1, 0.15) is 5.56 Å². The van der Waals surface area contributed by atoms with Gasteiger partial charge in [0.15, 0.2) is 17.6 Å².